The van der Waals surface area contributed by atoms with E-state index in [2.05, 4.69) is 26.8 Å². The van der Waals surface area contributed by atoms with E-state index >= 15 is 0 Å². The fraction of sp³-hybridized carbons (Fsp3) is 0.667. The van der Waals surface area contributed by atoms with E-state index in [4.69, 9.17) is 11.6 Å². The minimum Gasteiger partial charge on any atom is -0.295 e. The largest absolute Gasteiger partial charge is 0.295 e. The van der Waals surface area contributed by atoms with Crippen molar-refractivity contribution >= 4 is 17.4 Å². The molecule has 0 bridgehead atoms. The van der Waals surface area contributed by atoms with Gasteiger partial charge in [-0.3, -0.25) is 4.79 Å². The van der Waals surface area contributed by atoms with Gasteiger partial charge in [-0.05, 0) is 74.3 Å². The van der Waals surface area contributed by atoms with Gasteiger partial charge in [-0.15, -0.1) is 0 Å². The molecule has 1 nitrogen and oxygen atoms in total. The number of ketones is 1. The molecule has 2 saturated carbocycles. The first-order chi connectivity index (χ1) is 10.9. The minimum absolute atomic E-state index is 0.153. The van der Waals surface area contributed by atoms with Crippen LogP contribution in [0.25, 0.3) is 0 Å². The third-order valence-electron chi connectivity index (χ3n) is 7.54. The monoisotopic (exact) mass is 330 g/mol. The van der Waals surface area contributed by atoms with Crippen LogP contribution in [0.1, 0.15) is 65.7 Å². The molecule has 23 heavy (non-hydrogen) atoms. The lowest BCUT2D eigenvalue weighted by molar-refractivity contribution is -0.115. The lowest BCUT2D eigenvalue weighted by Gasteiger charge is -2.52. The molecule has 4 atom stereocenters. The van der Waals surface area contributed by atoms with Crippen molar-refractivity contribution in [1.29, 1.82) is 0 Å². The van der Waals surface area contributed by atoms with Crippen molar-refractivity contribution in [2.45, 2.75) is 65.7 Å². The van der Waals surface area contributed by atoms with Crippen molar-refractivity contribution in [3.8, 4) is 0 Å². The number of halogens is 1. The molecule has 0 N–H and O–H groups in total. The Morgan fingerprint density at radius 1 is 1.22 bits per heavy atom. The Balaban J connectivity index is 1.78. The van der Waals surface area contributed by atoms with Gasteiger partial charge in [0.2, 0.25) is 0 Å². The molecule has 0 heterocycles. The topological polar surface area (TPSA) is 17.1 Å². The first kappa shape index (κ1) is 15.7. The van der Waals surface area contributed by atoms with Gasteiger partial charge >= 0.3 is 0 Å². The Kier molecular flexibility index (Phi) is 3.47. The lowest BCUT2D eigenvalue weighted by atomic mass is 9.52. The van der Waals surface area contributed by atoms with Crippen LogP contribution >= 0.6 is 11.6 Å². The van der Waals surface area contributed by atoms with Gasteiger partial charge < -0.3 is 0 Å². The fourth-order valence-electron chi connectivity index (χ4n) is 6.24. The van der Waals surface area contributed by atoms with Crippen LogP contribution in [0.4, 0.5) is 0 Å². The van der Waals surface area contributed by atoms with Crippen molar-refractivity contribution in [2.75, 3.05) is 0 Å². The Bertz CT molecular complexity index is 663. The van der Waals surface area contributed by atoms with Gasteiger partial charge in [0.25, 0.3) is 0 Å². The third kappa shape index (κ3) is 2.08. The highest BCUT2D eigenvalue weighted by Gasteiger charge is 2.54. The lowest BCUT2D eigenvalue weighted by Crippen LogP contribution is -2.43. The summed E-state index contributed by atoms with van der Waals surface area (Å²) in [5.41, 5.74) is 4.98. The maximum atomic E-state index is 11.9. The Morgan fingerprint density at radius 2 is 2.00 bits per heavy atom. The van der Waals surface area contributed by atoms with Crippen LogP contribution in [0.3, 0.4) is 0 Å². The molecular weight excluding hydrogens is 304 g/mol. The number of rotatable bonds is 0. The van der Waals surface area contributed by atoms with Crippen LogP contribution in [0.5, 0.6) is 0 Å². The molecule has 0 aromatic heterocycles. The molecule has 0 aliphatic heterocycles. The summed E-state index contributed by atoms with van der Waals surface area (Å²) in [7, 11) is 0. The van der Waals surface area contributed by atoms with E-state index < -0.39 is 0 Å². The number of hydrogen-bond acceptors (Lipinski definition) is 1. The summed E-state index contributed by atoms with van der Waals surface area (Å²) in [5, 5.41) is 1.03. The highest BCUT2D eigenvalue weighted by Crippen LogP contribution is 2.64. The highest BCUT2D eigenvalue weighted by molar-refractivity contribution is 6.29. The zero-order chi connectivity index (χ0) is 16.4. The fourth-order valence-corrected chi connectivity index (χ4v) is 6.55. The zero-order valence-electron chi connectivity index (χ0n) is 14.5. The summed E-state index contributed by atoms with van der Waals surface area (Å²) >= 11 is 6.44. The first-order valence-electron chi connectivity index (χ1n) is 9.16. The molecule has 4 aliphatic carbocycles. The molecule has 0 aromatic carbocycles. The molecule has 0 spiro atoms. The van der Waals surface area contributed by atoms with Gasteiger partial charge in [-0.25, -0.2) is 0 Å². The molecule has 2 heteroatoms. The normalized spacial score (nSPS) is 44.8. The SMILES string of the molecule is CC(Cl)=C1CC[C@H]2[C@@H]3CCC4=CC(=O)CC[C@]4(C)C3=CC[C@]12C. The molecule has 4 rings (SSSR count). The van der Waals surface area contributed by atoms with E-state index in [1.807, 2.05) is 6.08 Å². The van der Waals surface area contributed by atoms with Crippen LogP contribution < -0.4 is 0 Å². The van der Waals surface area contributed by atoms with Gasteiger partial charge in [0.05, 0.1) is 0 Å². The van der Waals surface area contributed by atoms with E-state index in [0.29, 0.717) is 11.7 Å². The number of carbonyl (C=O) groups is 1. The number of carbonyl (C=O) groups excluding carboxylic acids is 1. The van der Waals surface area contributed by atoms with Crippen molar-refractivity contribution in [1.82, 2.24) is 0 Å². The Morgan fingerprint density at radius 3 is 2.74 bits per heavy atom. The maximum Gasteiger partial charge on any atom is 0.155 e. The summed E-state index contributed by atoms with van der Waals surface area (Å²) in [6.07, 6.45) is 12.1. The standard InChI is InChI=1S/C21H27ClO/c1-13(22)17-6-7-18-16-5-4-14-12-15(23)8-10-20(14,2)19(16)9-11-21(17,18)3/h9,12,16,18H,4-8,10-11H2,1-3H3/t16-,18-,20-,21+/m0/s1. The molecule has 4 aliphatic rings. The molecule has 0 saturated heterocycles. The second kappa shape index (κ2) is 5.09. The van der Waals surface area contributed by atoms with E-state index in [0.717, 1.165) is 36.6 Å². The number of hydrogen-bond donors (Lipinski definition) is 0. The Hall–Kier alpha value is -0.820. The molecular formula is C21H27ClO. The summed E-state index contributed by atoms with van der Waals surface area (Å²) in [6, 6.07) is 0. The second-order valence-corrected chi connectivity index (χ2v) is 9.12. The van der Waals surface area contributed by atoms with E-state index in [9.17, 15) is 4.79 Å². The number of fused-ring (bicyclic) bond motifs is 5. The third-order valence-corrected chi connectivity index (χ3v) is 7.77. The zero-order valence-corrected chi connectivity index (χ0v) is 15.3. The molecule has 0 unspecified atom stereocenters. The number of allylic oxidation sites excluding steroid dienone is 6. The molecule has 124 valence electrons. The van der Waals surface area contributed by atoms with Crippen molar-refractivity contribution in [3.05, 3.63) is 33.9 Å². The van der Waals surface area contributed by atoms with Crippen molar-refractivity contribution in [2.24, 2.45) is 22.7 Å². The van der Waals surface area contributed by atoms with Gasteiger partial charge in [0.1, 0.15) is 0 Å². The maximum absolute atomic E-state index is 11.9. The van der Waals surface area contributed by atoms with Crippen LogP contribution in [-0.2, 0) is 4.79 Å². The summed E-state index contributed by atoms with van der Waals surface area (Å²) < 4.78 is 0. The van der Waals surface area contributed by atoms with Gasteiger partial charge in [-0.1, -0.05) is 42.7 Å². The van der Waals surface area contributed by atoms with E-state index in [1.165, 1.54) is 30.4 Å². The predicted octanol–water partition coefficient (Wildman–Crippen LogP) is 5.95. The molecule has 0 aromatic rings. The van der Waals surface area contributed by atoms with Crippen LogP contribution in [0.15, 0.2) is 33.9 Å². The minimum atomic E-state index is 0.153. The Labute approximate surface area is 144 Å². The molecule has 0 radical (unpaired) electrons. The first-order valence-corrected chi connectivity index (χ1v) is 9.54. The summed E-state index contributed by atoms with van der Waals surface area (Å²) in [4.78, 5) is 11.9. The smallest absolute Gasteiger partial charge is 0.155 e. The van der Waals surface area contributed by atoms with E-state index in [1.54, 1.807) is 5.57 Å². The van der Waals surface area contributed by atoms with E-state index in [-0.39, 0.29) is 10.8 Å². The quantitative estimate of drug-likeness (QED) is 0.501. The summed E-state index contributed by atoms with van der Waals surface area (Å²) in [6.45, 7) is 6.90. The molecule has 0 amide bonds. The average Bonchev–Trinajstić information content (AvgIpc) is 2.85. The molecule has 2 fully saturated rings. The van der Waals surface area contributed by atoms with Gasteiger partial charge in [0.15, 0.2) is 5.78 Å². The predicted molar refractivity (Wildman–Crippen MR) is 95.2 cm³/mol. The van der Waals surface area contributed by atoms with Crippen LogP contribution in [-0.4, -0.2) is 5.78 Å². The van der Waals surface area contributed by atoms with Crippen LogP contribution in [0.2, 0.25) is 0 Å². The van der Waals surface area contributed by atoms with Crippen LogP contribution in [0, 0.1) is 22.7 Å². The van der Waals surface area contributed by atoms with Crippen molar-refractivity contribution < 1.29 is 4.79 Å². The highest BCUT2D eigenvalue weighted by atomic mass is 35.5. The average molecular weight is 331 g/mol. The van der Waals surface area contributed by atoms with Gasteiger partial charge in [-0.2, -0.15) is 0 Å². The van der Waals surface area contributed by atoms with Crippen molar-refractivity contribution in [3.63, 3.8) is 0 Å². The second-order valence-electron chi connectivity index (χ2n) is 8.55. The summed E-state index contributed by atoms with van der Waals surface area (Å²) in [5.74, 6) is 1.76. The van der Waals surface area contributed by atoms with Gasteiger partial charge in [0, 0.05) is 16.9 Å².